The quantitative estimate of drug-likeness (QED) is 0.760. The molecule has 0 spiro atoms. The summed E-state index contributed by atoms with van der Waals surface area (Å²) in [4.78, 5) is 26.3. The molecule has 1 rings (SSSR count). The molecule has 0 saturated carbocycles. The van der Waals surface area contributed by atoms with Gasteiger partial charge in [-0.3, -0.25) is 14.9 Å². The van der Waals surface area contributed by atoms with Crippen molar-refractivity contribution in [1.82, 2.24) is 10.3 Å². The molecule has 0 aliphatic carbocycles. The molecule has 0 saturated heterocycles. The Hall–Kier alpha value is -1.47. The monoisotopic (exact) mass is 315 g/mol. The van der Waals surface area contributed by atoms with Crippen LogP contribution in [0.1, 0.15) is 13.8 Å². The van der Waals surface area contributed by atoms with Gasteiger partial charge in [-0.1, -0.05) is 0 Å². The number of anilines is 1. The minimum Gasteiger partial charge on any atom is -0.480 e. The van der Waals surface area contributed by atoms with Crippen LogP contribution >= 0.6 is 15.9 Å². The molecule has 1 aromatic rings. The van der Waals surface area contributed by atoms with Gasteiger partial charge in [-0.25, -0.2) is 4.98 Å². The SMILES string of the molecule is CC(C)(NCC(=O)Nc1ccc(Br)cn1)C(=O)O. The Morgan fingerprint density at radius 1 is 1.44 bits per heavy atom. The van der Waals surface area contributed by atoms with Crippen LogP contribution in [0.4, 0.5) is 5.82 Å². The maximum atomic E-state index is 11.5. The first-order valence-electron chi connectivity index (χ1n) is 5.21. The number of aromatic nitrogens is 1. The second-order valence-corrected chi connectivity index (χ2v) is 5.11. The summed E-state index contributed by atoms with van der Waals surface area (Å²) < 4.78 is 0.811. The molecular formula is C11H14BrN3O3. The van der Waals surface area contributed by atoms with Gasteiger partial charge in [0.15, 0.2) is 0 Å². The summed E-state index contributed by atoms with van der Waals surface area (Å²) in [6.07, 6.45) is 1.56. The maximum Gasteiger partial charge on any atom is 0.323 e. The van der Waals surface area contributed by atoms with Crippen LogP contribution in [0.3, 0.4) is 0 Å². The fourth-order valence-corrected chi connectivity index (χ4v) is 1.25. The first-order valence-corrected chi connectivity index (χ1v) is 6.00. The number of carboxylic acids is 1. The zero-order valence-corrected chi connectivity index (χ0v) is 11.6. The zero-order valence-electron chi connectivity index (χ0n) is 10.0. The summed E-state index contributed by atoms with van der Waals surface area (Å²) in [7, 11) is 0. The third-order valence-corrected chi connectivity index (χ3v) is 2.69. The van der Waals surface area contributed by atoms with Crippen LogP contribution in [0.15, 0.2) is 22.8 Å². The fourth-order valence-electron chi connectivity index (χ4n) is 1.01. The van der Waals surface area contributed by atoms with Crippen molar-refractivity contribution in [2.45, 2.75) is 19.4 Å². The molecule has 0 aliphatic heterocycles. The Kier molecular flexibility index (Phi) is 4.80. The first-order chi connectivity index (χ1) is 8.31. The number of carbonyl (C=O) groups is 2. The Labute approximate surface area is 113 Å². The second-order valence-electron chi connectivity index (χ2n) is 4.19. The summed E-state index contributed by atoms with van der Waals surface area (Å²) in [5.41, 5.74) is -1.15. The molecule has 0 bridgehead atoms. The Morgan fingerprint density at radius 3 is 2.61 bits per heavy atom. The van der Waals surface area contributed by atoms with Crippen molar-refractivity contribution in [3.8, 4) is 0 Å². The summed E-state index contributed by atoms with van der Waals surface area (Å²) in [5.74, 6) is -0.950. The van der Waals surface area contributed by atoms with E-state index >= 15 is 0 Å². The third kappa shape index (κ3) is 4.42. The van der Waals surface area contributed by atoms with Crippen LogP contribution in [-0.2, 0) is 9.59 Å². The molecule has 98 valence electrons. The van der Waals surface area contributed by atoms with Gasteiger partial charge in [0, 0.05) is 10.7 Å². The Bertz CT molecular complexity index is 445. The van der Waals surface area contributed by atoms with E-state index in [1.165, 1.54) is 13.8 Å². The molecule has 0 aromatic carbocycles. The number of nitrogens with zero attached hydrogens (tertiary/aromatic N) is 1. The van der Waals surface area contributed by atoms with Crippen LogP contribution < -0.4 is 10.6 Å². The summed E-state index contributed by atoms with van der Waals surface area (Å²) in [6, 6.07) is 3.39. The number of amides is 1. The summed E-state index contributed by atoms with van der Waals surface area (Å²) >= 11 is 3.23. The second kappa shape index (κ2) is 5.92. The van der Waals surface area contributed by atoms with E-state index in [9.17, 15) is 9.59 Å². The van der Waals surface area contributed by atoms with Crippen LogP contribution in [0.2, 0.25) is 0 Å². The largest absolute Gasteiger partial charge is 0.480 e. The lowest BCUT2D eigenvalue weighted by Crippen LogP contribution is -2.49. The molecule has 0 radical (unpaired) electrons. The van der Waals surface area contributed by atoms with E-state index in [1.807, 2.05) is 0 Å². The van der Waals surface area contributed by atoms with E-state index in [0.717, 1.165) is 4.47 Å². The Morgan fingerprint density at radius 2 is 2.11 bits per heavy atom. The van der Waals surface area contributed by atoms with Gasteiger partial charge in [-0.15, -0.1) is 0 Å². The van der Waals surface area contributed by atoms with Crippen LogP contribution in [0.5, 0.6) is 0 Å². The fraction of sp³-hybridized carbons (Fsp3) is 0.364. The zero-order chi connectivity index (χ0) is 13.8. The average Bonchev–Trinajstić information content (AvgIpc) is 2.29. The first kappa shape index (κ1) is 14.6. The molecule has 1 amide bonds. The van der Waals surface area contributed by atoms with Crippen LogP contribution in [0, 0.1) is 0 Å². The molecule has 0 atom stereocenters. The molecule has 3 N–H and O–H groups in total. The predicted molar refractivity (Wildman–Crippen MR) is 70.3 cm³/mol. The molecule has 0 fully saturated rings. The summed E-state index contributed by atoms with van der Waals surface area (Å²) in [5, 5.41) is 14.1. The highest BCUT2D eigenvalue weighted by Crippen LogP contribution is 2.10. The normalized spacial score (nSPS) is 11.1. The number of carbonyl (C=O) groups excluding carboxylic acids is 1. The highest BCUT2D eigenvalue weighted by atomic mass is 79.9. The molecule has 7 heteroatoms. The van der Waals surface area contributed by atoms with Crippen molar-refractivity contribution in [2.75, 3.05) is 11.9 Å². The third-order valence-electron chi connectivity index (χ3n) is 2.22. The van der Waals surface area contributed by atoms with Gasteiger partial charge >= 0.3 is 5.97 Å². The highest BCUT2D eigenvalue weighted by molar-refractivity contribution is 9.10. The lowest BCUT2D eigenvalue weighted by molar-refractivity contribution is -0.143. The molecule has 6 nitrogen and oxygen atoms in total. The number of rotatable bonds is 5. The number of pyridine rings is 1. The van der Waals surface area contributed by atoms with Crippen molar-refractivity contribution < 1.29 is 14.7 Å². The lowest BCUT2D eigenvalue weighted by atomic mass is 10.1. The molecule has 0 unspecified atom stereocenters. The van der Waals surface area contributed by atoms with Gasteiger partial charge in [0.05, 0.1) is 6.54 Å². The van der Waals surface area contributed by atoms with Crippen LogP contribution in [-0.4, -0.2) is 34.1 Å². The van der Waals surface area contributed by atoms with Crippen molar-refractivity contribution in [2.24, 2.45) is 0 Å². The van der Waals surface area contributed by atoms with Gasteiger partial charge in [0.25, 0.3) is 0 Å². The van der Waals surface area contributed by atoms with E-state index in [2.05, 4.69) is 31.5 Å². The number of hydrogen-bond acceptors (Lipinski definition) is 4. The maximum absolute atomic E-state index is 11.5. The molecule has 1 heterocycles. The number of nitrogens with one attached hydrogen (secondary N) is 2. The van der Waals surface area contributed by atoms with Gasteiger partial charge in [-0.2, -0.15) is 0 Å². The number of hydrogen-bond donors (Lipinski definition) is 3. The lowest BCUT2D eigenvalue weighted by Gasteiger charge is -2.20. The van der Waals surface area contributed by atoms with Crippen molar-refractivity contribution >= 4 is 33.6 Å². The van der Waals surface area contributed by atoms with E-state index in [-0.39, 0.29) is 12.5 Å². The summed E-state index contributed by atoms with van der Waals surface area (Å²) in [6.45, 7) is 2.87. The van der Waals surface area contributed by atoms with Gasteiger partial charge < -0.3 is 10.4 Å². The Balaban J connectivity index is 2.48. The van der Waals surface area contributed by atoms with E-state index < -0.39 is 11.5 Å². The smallest absolute Gasteiger partial charge is 0.323 e. The molecular weight excluding hydrogens is 302 g/mol. The topological polar surface area (TPSA) is 91.3 Å². The van der Waals surface area contributed by atoms with E-state index in [4.69, 9.17) is 5.11 Å². The van der Waals surface area contributed by atoms with Crippen molar-refractivity contribution in [1.29, 1.82) is 0 Å². The van der Waals surface area contributed by atoms with E-state index in [0.29, 0.717) is 5.82 Å². The number of aliphatic carboxylic acids is 1. The van der Waals surface area contributed by atoms with Gasteiger partial charge in [0.1, 0.15) is 11.4 Å². The molecule has 1 aromatic heterocycles. The minimum absolute atomic E-state index is 0.100. The standard InChI is InChI=1S/C11H14BrN3O3/c1-11(2,10(17)18)14-6-9(16)15-8-4-3-7(12)5-13-8/h3-5,14H,6H2,1-2H3,(H,17,18)(H,13,15,16). The number of halogens is 1. The van der Waals surface area contributed by atoms with Crippen molar-refractivity contribution in [3.63, 3.8) is 0 Å². The molecule has 18 heavy (non-hydrogen) atoms. The number of carboxylic acid groups (broad SMARTS) is 1. The predicted octanol–water partition coefficient (Wildman–Crippen LogP) is 1.24. The average molecular weight is 316 g/mol. The molecule has 0 aliphatic rings. The highest BCUT2D eigenvalue weighted by Gasteiger charge is 2.26. The van der Waals surface area contributed by atoms with Gasteiger partial charge in [0.2, 0.25) is 5.91 Å². The van der Waals surface area contributed by atoms with Crippen molar-refractivity contribution in [3.05, 3.63) is 22.8 Å². The minimum atomic E-state index is -1.15. The van der Waals surface area contributed by atoms with E-state index in [1.54, 1.807) is 18.3 Å². The van der Waals surface area contributed by atoms with Crippen LogP contribution in [0.25, 0.3) is 0 Å². The van der Waals surface area contributed by atoms with Gasteiger partial charge in [-0.05, 0) is 41.9 Å².